The topological polar surface area (TPSA) is 31.7 Å². The van der Waals surface area contributed by atoms with Gasteiger partial charge in [0.15, 0.2) is 0 Å². The summed E-state index contributed by atoms with van der Waals surface area (Å²) in [6.45, 7) is 8.69. The predicted molar refractivity (Wildman–Crippen MR) is 111 cm³/mol. The van der Waals surface area contributed by atoms with Crippen LogP contribution in [0.1, 0.15) is 30.9 Å². The smallest absolute Gasteiger partial charge is 0.251 e. The van der Waals surface area contributed by atoms with Crippen molar-refractivity contribution in [2.24, 2.45) is 4.99 Å². The maximum Gasteiger partial charge on any atom is 0.251 e. The summed E-state index contributed by atoms with van der Waals surface area (Å²) in [4.78, 5) is 12.8. The fourth-order valence-electron chi connectivity index (χ4n) is 3.25. The highest BCUT2D eigenvalue weighted by Crippen LogP contribution is 2.32. The Morgan fingerprint density at radius 3 is 2.32 bits per heavy atom. The third kappa shape index (κ3) is 4.38. The van der Waals surface area contributed by atoms with E-state index in [1.807, 2.05) is 60.0 Å². The normalized spacial score (nSPS) is 16.8. The lowest BCUT2D eigenvalue weighted by Crippen LogP contribution is -2.38. The van der Waals surface area contributed by atoms with Crippen molar-refractivity contribution in [3.63, 3.8) is 0 Å². The zero-order valence-corrected chi connectivity index (χ0v) is 16.6. The Hall–Kier alpha value is -2.76. The summed E-state index contributed by atoms with van der Waals surface area (Å²) in [5, 5.41) is 0. The first kappa shape index (κ1) is 20.0. The van der Waals surface area contributed by atoms with Crippen LogP contribution in [0.3, 0.4) is 0 Å². The Labute approximate surface area is 165 Å². The van der Waals surface area contributed by atoms with E-state index in [9.17, 15) is 8.78 Å². The molecule has 2 aromatic rings. The fourth-order valence-corrected chi connectivity index (χ4v) is 3.25. The summed E-state index contributed by atoms with van der Waals surface area (Å²) in [5.74, 6) is -1.00. The monoisotopic (exact) mass is 384 g/mol. The third-order valence-electron chi connectivity index (χ3n) is 5.13. The average Bonchev–Trinajstić information content (AvgIpc) is 2.69. The minimum atomic E-state index is -2.57. The lowest BCUT2D eigenvalue weighted by Gasteiger charge is -2.34. The highest BCUT2D eigenvalue weighted by Gasteiger charge is 2.34. The van der Waals surface area contributed by atoms with Gasteiger partial charge in [-0.1, -0.05) is 24.3 Å². The number of aromatic nitrogens is 1. The van der Waals surface area contributed by atoms with Crippen molar-refractivity contribution in [2.75, 3.05) is 25.0 Å². The zero-order chi connectivity index (χ0) is 20.3. The number of hydrogen-bond donors (Lipinski definition) is 0. The van der Waals surface area contributed by atoms with E-state index >= 15 is 0 Å². The second-order valence-corrected chi connectivity index (χ2v) is 7.14. The number of likely N-dealkylation sites (tertiary alicyclic amines) is 1. The standard InChI is InChI=1S/C22H26F2N4/c1-16-5-8-20(9-6-16)28(18(3)25-4)21-10-7-19(15-26-21)17(2)27-13-11-22(23,24)12-14-27/h5-10,15H,2,11-14H2,1,3-4H3. The number of aryl methyl sites for hydroxylation is 1. The molecule has 1 aromatic carbocycles. The van der Waals surface area contributed by atoms with Crippen LogP contribution in [0.15, 0.2) is 54.2 Å². The Morgan fingerprint density at radius 2 is 1.79 bits per heavy atom. The van der Waals surface area contributed by atoms with Gasteiger partial charge in [0.2, 0.25) is 0 Å². The van der Waals surface area contributed by atoms with Gasteiger partial charge in [-0.2, -0.15) is 0 Å². The van der Waals surface area contributed by atoms with E-state index in [-0.39, 0.29) is 12.8 Å². The lowest BCUT2D eigenvalue weighted by molar-refractivity contribution is -0.0450. The first-order chi connectivity index (χ1) is 13.3. The van der Waals surface area contributed by atoms with Crippen molar-refractivity contribution in [3.8, 4) is 0 Å². The SMILES string of the molecule is C=C(c1ccc(N(C(C)=NC)c2ccc(C)cc2)nc1)N1CCC(F)(F)CC1. The molecule has 0 unspecified atom stereocenters. The van der Waals surface area contributed by atoms with E-state index in [2.05, 4.69) is 16.6 Å². The van der Waals surface area contributed by atoms with E-state index in [0.717, 1.165) is 28.6 Å². The molecule has 1 saturated heterocycles. The molecule has 0 saturated carbocycles. The van der Waals surface area contributed by atoms with Crippen LogP contribution in [0, 0.1) is 6.92 Å². The molecule has 0 aliphatic carbocycles. The summed E-state index contributed by atoms with van der Waals surface area (Å²) < 4.78 is 26.8. The van der Waals surface area contributed by atoms with Gasteiger partial charge >= 0.3 is 0 Å². The number of alkyl halides is 2. The van der Waals surface area contributed by atoms with Gasteiger partial charge in [0.05, 0.1) is 0 Å². The fraction of sp³-hybridized carbons (Fsp3) is 0.364. The second-order valence-electron chi connectivity index (χ2n) is 7.14. The molecule has 4 nitrogen and oxygen atoms in total. The average molecular weight is 384 g/mol. The van der Waals surface area contributed by atoms with Crippen molar-refractivity contribution < 1.29 is 8.78 Å². The predicted octanol–water partition coefficient (Wildman–Crippen LogP) is 5.28. The van der Waals surface area contributed by atoms with Crippen molar-refractivity contribution in [1.29, 1.82) is 0 Å². The summed E-state index contributed by atoms with van der Waals surface area (Å²) in [5.41, 5.74) is 3.73. The molecule has 1 aromatic heterocycles. The maximum absolute atomic E-state index is 13.4. The van der Waals surface area contributed by atoms with Crippen molar-refractivity contribution in [3.05, 3.63) is 60.3 Å². The number of halogens is 2. The van der Waals surface area contributed by atoms with Crippen LogP contribution in [-0.4, -0.2) is 41.8 Å². The van der Waals surface area contributed by atoms with Crippen LogP contribution in [0.5, 0.6) is 0 Å². The quantitative estimate of drug-likeness (QED) is 0.531. The van der Waals surface area contributed by atoms with Crippen LogP contribution < -0.4 is 4.90 Å². The van der Waals surface area contributed by atoms with Crippen molar-refractivity contribution >= 4 is 23.0 Å². The number of amidine groups is 1. The van der Waals surface area contributed by atoms with Gasteiger partial charge in [-0.3, -0.25) is 9.89 Å². The van der Waals surface area contributed by atoms with Gasteiger partial charge in [-0.15, -0.1) is 0 Å². The highest BCUT2D eigenvalue weighted by atomic mass is 19.3. The summed E-state index contributed by atoms with van der Waals surface area (Å²) >= 11 is 0. The zero-order valence-electron chi connectivity index (χ0n) is 16.6. The van der Waals surface area contributed by atoms with Crippen LogP contribution >= 0.6 is 0 Å². The molecule has 0 amide bonds. The van der Waals surface area contributed by atoms with Gasteiger partial charge < -0.3 is 4.90 Å². The molecule has 0 radical (unpaired) electrons. The minimum Gasteiger partial charge on any atom is -0.371 e. The third-order valence-corrected chi connectivity index (χ3v) is 5.13. The van der Waals surface area contributed by atoms with E-state index in [4.69, 9.17) is 0 Å². The number of nitrogens with zero attached hydrogens (tertiary/aromatic N) is 4. The Kier molecular flexibility index (Phi) is 5.77. The first-order valence-corrected chi connectivity index (χ1v) is 9.39. The van der Waals surface area contributed by atoms with E-state index in [1.54, 1.807) is 13.2 Å². The van der Waals surface area contributed by atoms with Crippen molar-refractivity contribution in [2.45, 2.75) is 32.6 Å². The van der Waals surface area contributed by atoms with Crippen LogP contribution in [-0.2, 0) is 0 Å². The molecule has 1 aliphatic rings. The number of benzene rings is 1. The summed E-state index contributed by atoms with van der Waals surface area (Å²) in [7, 11) is 1.75. The van der Waals surface area contributed by atoms with Crippen LogP contribution in [0.4, 0.5) is 20.3 Å². The molecule has 0 bridgehead atoms. The number of rotatable bonds is 4. The number of anilines is 2. The second kappa shape index (κ2) is 8.09. The summed E-state index contributed by atoms with van der Waals surface area (Å²) in [6, 6.07) is 12.0. The number of piperidine rings is 1. The highest BCUT2D eigenvalue weighted by molar-refractivity contribution is 6.01. The van der Waals surface area contributed by atoms with E-state index in [1.165, 1.54) is 5.56 Å². The molecular formula is C22H26F2N4. The Morgan fingerprint density at radius 1 is 1.14 bits per heavy atom. The molecule has 0 spiro atoms. The van der Waals surface area contributed by atoms with Crippen molar-refractivity contribution in [1.82, 2.24) is 9.88 Å². The molecule has 3 rings (SSSR count). The Bertz CT molecular complexity index is 847. The molecule has 1 fully saturated rings. The molecule has 0 N–H and O–H groups in total. The molecule has 28 heavy (non-hydrogen) atoms. The number of hydrogen-bond acceptors (Lipinski definition) is 3. The van der Waals surface area contributed by atoms with Gasteiger partial charge in [0, 0.05) is 56.1 Å². The first-order valence-electron chi connectivity index (χ1n) is 9.39. The molecule has 2 heterocycles. The van der Waals surface area contributed by atoms with Crippen LogP contribution in [0.2, 0.25) is 0 Å². The van der Waals surface area contributed by atoms with Gasteiger partial charge in [0.1, 0.15) is 11.7 Å². The molecule has 148 valence electrons. The maximum atomic E-state index is 13.4. The number of pyridine rings is 1. The minimum absolute atomic E-state index is 0.134. The number of aliphatic imine (C=N–C) groups is 1. The lowest BCUT2D eigenvalue weighted by atomic mass is 10.0. The van der Waals surface area contributed by atoms with E-state index < -0.39 is 5.92 Å². The molecule has 6 heteroatoms. The van der Waals surface area contributed by atoms with Gasteiger partial charge in [-0.25, -0.2) is 13.8 Å². The largest absolute Gasteiger partial charge is 0.371 e. The molecule has 1 aliphatic heterocycles. The van der Waals surface area contributed by atoms with Gasteiger partial charge in [-0.05, 0) is 38.1 Å². The molecule has 0 atom stereocenters. The molecular weight excluding hydrogens is 358 g/mol. The summed E-state index contributed by atoms with van der Waals surface area (Å²) in [6.07, 6.45) is 1.48. The Balaban J connectivity index is 1.81. The van der Waals surface area contributed by atoms with E-state index in [0.29, 0.717) is 13.1 Å². The van der Waals surface area contributed by atoms with Gasteiger partial charge in [0.25, 0.3) is 5.92 Å². The van der Waals surface area contributed by atoms with Crippen LogP contribution in [0.25, 0.3) is 5.70 Å².